The summed E-state index contributed by atoms with van der Waals surface area (Å²) in [5.74, 6) is -0.00111. The number of aromatic nitrogens is 1. The molecule has 0 aliphatic rings. The zero-order valence-corrected chi connectivity index (χ0v) is 11.3. The molecule has 2 aromatic rings. The van der Waals surface area contributed by atoms with Gasteiger partial charge in [-0.25, -0.2) is 9.78 Å². The number of rotatable bonds is 4. The fourth-order valence-corrected chi connectivity index (χ4v) is 2.31. The van der Waals surface area contributed by atoms with Crippen molar-refractivity contribution in [3.8, 4) is 0 Å². The van der Waals surface area contributed by atoms with Crippen molar-refractivity contribution in [2.24, 2.45) is 5.73 Å². The van der Waals surface area contributed by atoms with Gasteiger partial charge in [0, 0.05) is 17.2 Å². The van der Waals surface area contributed by atoms with Crippen molar-refractivity contribution in [2.45, 2.75) is 11.6 Å². The van der Waals surface area contributed by atoms with Gasteiger partial charge in [-0.2, -0.15) is 0 Å². The number of fused-ring (bicyclic) bond motifs is 1. The minimum Gasteiger partial charge on any atom is -0.431 e. The van der Waals surface area contributed by atoms with E-state index in [1.165, 1.54) is 11.8 Å². The van der Waals surface area contributed by atoms with Gasteiger partial charge in [0.05, 0.1) is 0 Å². The highest BCUT2D eigenvalue weighted by Crippen LogP contribution is 2.25. The van der Waals surface area contributed by atoms with Gasteiger partial charge < -0.3 is 10.2 Å². The van der Waals surface area contributed by atoms with Crippen molar-refractivity contribution in [3.63, 3.8) is 0 Å². The van der Waals surface area contributed by atoms with Crippen LogP contribution in [0.2, 0.25) is 5.02 Å². The first-order chi connectivity index (χ1) is 9.04. The molecule has 3 N–H and O–H groups in total. The van der Waals surface area contributed by atoms with E-state index >= 15 is 0 Å². The molecule has 0 unspecified atom stereocenters. The van der Waals surface area contributed by atoms with Gasteiger partial charge in [-0.1, -0.05) is 23.4 Å². The van der Waals surface area contributed by atoms with E-state index in [1.807, 2.05) is 5.32 Å². The first kappa shape index (κ1) is 13.7. The first-order valence-corrected chi connectivity index (χ1v) is 6.69. The summed E-state index contributed by atoms with van der Waals surface area (Å²) in [6, 6.07) is 4.29. The minimum atomic E-state index is -0.855. The molecule has 0 atom stereocenters. The maximum atomic E-state index is 11.2. The van der Waals surface area contributed by atoms with Crippen LogP contribution < -0.4 is 11.1 Å². The fraction of sp³-hybridized carbons (Fsp3) is 0.182. The van der Waals surface area contributed by atoms with Crippen LogP contribution in [-0.4, -0.2) is 22.7 Å². The molecular weight excluding hydrogens is 290 g/mol. The summed E-state index contributed by atoms with van der Waals surface area (Å²) in [6.45, 7) is 0. The molecule has 0 spiro atoms. The topological polar surface area (TPSA) is 98.2 Å². The Balaban J connectivity index is 1.91. The van der Waals surface area contributed by atoms with Crippen LogP contribution in [0.5, 0.6) is 0 Å². The molecule has 0 aliphatic heterocycles. The number of nitrogens with one attached hydrogen (secondary N) is 1. The highest BCUT2D eigenvalue weighted by Gasteiger charge is 2.09. The average Bonchev–Trinajstić information content (AvgIpc) is 2.69. The number of amides is 3. The zero-order chi connectivity index (χ0) is 13.8. The lowest BCUT2D eigenvalue weighted by Gasteiger charge is -1.98. The van der Waals surface area contributed by atoms with E-state index < -0.39 is 11.9 Å². The molecule has 1 aromatic heterocycles. The number of carbonyl (C=O) groups is 2. The number of primary amides is 1. The number of carbonyl (C=O) groups excluding carboxylic acids is 2. The summed E-state index contributed by atoms with van der Waals surface area (Å²) in [4.78, 5) is 25.8. The Kier molecular flexibility index (Phi) is 4.28. The van der Waals surface area contributed by atoms with Gasteiger partial charge >= 0.3 is 6.03 Å². The molecule has 2 rings (SSSR count). The van der Waals surface area contributed by atoms with E-state index in [0.29, 0.717) is 27.1 Å². The molecule has 0 aliphatic carbocycles. The van der Waals surface area contributed by atoms with Crippen molar-refractivity contribution in [1.29, 1.82) is 0 Å². The number of urea groups is 1. The number of hydrogen-bond donors (Lipinski definition) is 2. The molecule has 0 saturated heterocycles. The van der Waals surface area contributed by atoms with E-state index in [2.05, 4.69) is 4.98 Å². The van der Waals surface area contributed by atoms with Gasteiger partial charge in [0.1, 0.15) is 5.52 Å². The van der Waals surface area contributed by atoms with E-state index in [-0.39, 0.29) is 6.42 Å². The summed E-state index contributed by atoms with van der Waals surface area (Å²) in [6.07, 6.45) is 0.146. The van der Waals surface area contributed by atoms with E-state index in [1.54, 1.807) is 18.2 Å². The minimum absolute atomic E-state index is 0.146. The summed E-state index contributed by atoms with van der Waals surface area (Å²) >= 11 is 7.11. The number of benzene rings is 1. The van der Waals surface area contributed by atoms with Crippen molar-refractivity contribution in [2.75, 3.05) is 5.75 Å². The predicted molar refractivity (Wildman–Crippen MR) is 72.1 cm³/mol. The van der Waals surface area contributed by atoms with Gasteiger partial charge in [0.2, 0.25) is 5.91 Å². The molecular formula is C11H10ClN3O3S. The van der Waals surface area contributed by atoms with Crippen molar-refractivity contribution >= 4 is 46.4 Å². The van der Waals surface area contributed by atoms with Crippen molar-refractivity contribution in [3.05, 3.63) is 23.2 Å². The van der Waals surface area contributed by atoms with Crippen LogP contribution >= 0.6 is 23.4 Å². The third kappa shape index (κ3) is 3.87. The quantitative estimate of drug-likeness (QED) is 0.843. The number of thioether (sulfide) groups is 1. The molecule has 19 heavy (non-hydrogen) atoms. The van der Waals surface area contributed by atoms with Gasteiger partial charge in [0.25, 0.3) is 5.22 Å². The number of hydrogen-bond acceptors (Lipinski definition) is 5. The fourth-order valence-electron chi connectivity index (χ4n) is 1.37. The Morgan fingerprint density at radius 1 is 1.47 bits per heavy atom. The second-order valence-electron chi connectivity index (χ2n) is 3.60. The van der Waals surface area contributed by atoms with Crippen LogP contribution in [0.3, 0.4) is 0 Å². The molecule has 1 aromatic carbocycles. The Hall–Kier alpha value is -1.73. The maximum Gasteiger partial charge on any atom is 0.318 e. The van der Waals surface area contributed by atoms with Crippen LogP contribution in [0.15, 0.2) is 27.8 Å². The molecule has 6 nitrogen and oxygen atoms in total. The average molecular weight is 300 g/mol. The third-order valence-electron chi connectivity index (χ3n) is 2.15. The molecule has 1 heterocycles. The van der Waals surface area contributed by atoms with Crippen LogP contribution in [0, 0.1) is 0 Å². The number of nitrogens with zero attached hydrogens (tertiary/aromatic N) is 1. The van der Waals surface area contributed by atoms with E-state index in [9.17, 15) is 9.59 Å². The molecule has 0 radical (unpaired) electrons. The molecule has 3 amide bonds. The van der Waals surface area contributed by atoms with Crippen molar-refractivity contribution < 1.29 is 14.0 Å². The zero-order valence-electron chi connectivity index (χ0n) is 9.68. The number of oxazole rings is 1. The SMILES string of the molecule is NC(=O)NC(=O)CCSc1nc2cc(Cl)ccc2o1. The Morgan fingerprint density at radius 3 is 3.00 bits per heavy atom. The summed E-state index contributed by atoms with van der Waals surface area (Å²) in [7, 11) is 0. The van der Waals surface area contributed by atoms with Crippen LogP contribution in [-0.2, 0) is 4.79 Å². The number of halogens is 1. The monoisotopic (exact) mass is 299 g/mol. The lowest BCUT2D eigenvalue weighted by atomic mass is 10.3. The van der Waals surface area contributed by atoms with Gasteiger partial charge in [-0.15, -0.1) is 0 Å². The van der Waals surface area contributed by atoms with Gasteiger partial charge in [0.15, 0.2) is 5.58 Å². The van der Waals surface area contributed by atoms with Crippen LogP contribution in [0.4, 0.5) is 4.79 Å². The highest BCUT2D eigenvalue weighted by molar-refractivity contribution is 7.99. The molecule has 0 saturated carbocycles. The van der Waals surface area contributed by atoms with Gasteiger partial charge in [-0.05, 0) is 18.2 Å². The molecule has 0 fully saturated rings. The molecule has 8 heteroatoms. The normalized spacial score (nSPS) is 10.6. The standard InChI is InChI=1S/C11H10ClN3O3S/c12-6-1-2-8-7(5-6)14-11(18-8)19-4-3-9(16)15-10(13)17/h1-2,5H,3-4H2,(H3,13,15,16,17). The first-order valence-electron chi connectivity index (χ1n) is 5.33. The summed E-state index contributed by atoms with van der Waals surface area (Å²) in [5.41, 5.74) is 6.12. The second-order valence-corrected chi connectivity index (χ2v) is 5.09. The Labute approximate surface area is 117 Å². The van der Waals surface area contributed by atoms with Crippen LogP contribution in [0.1, 0.15) is 6.42 Å². The second kappa shape index (κ2) is 5.94. The van der Waals surface area contributed by atoms with Crippen molar-refractivity contribution in [1.82, 2.24) is 10.3 Å². The lowest BCUT2D eigenvalue weighted by molar-refractivity contribution is -0.119. The summed E-state index contributed by atoms with van der Waals surface area (Å²) < 4.78 is 5.46. The number of nitrogens with two attached hydrogens (primary N) is 1. The third-order valence-corrected chi connectivity index (χ3v) is 3.21. The highest BCUT2D eigenvalue weighted by atomic mass is 35.5. The van der Waals surface area contributed by atoms with E-state index in [4.69, 9.17) is 21.8 Å². The van der Waals surface area contributed by atoms with Gasteiger partial charge in [-0.3, -0.25) is 10.1 Å². The molecule has 0 bridgehead atoms. The summed E-state index contributed by atoms with van der Waals surface area (Å²) in [5, 5.41) is 3.01. The Bertz CT molecular complexity index is 629. The predicted octanol–water partition coefficient (Wildman–Crippen LogP) is 2.16. The van der Waals surface area contributed by atoms with Crippen LogP contribution in [0.25, 0.3) is 11.1 Å². The lowest BCUT2D eigenvalue weighted by Crippen LogP contribution is -2.35. The largest absolute Gasteiger partial charge is 0.431 e. The maximum absolute atomic E-state index is 11.2. The number of imide groups is 1. The molecule has 100 valence electrons. The Morgan fingerprint density at radius 2 is 2.26 bits per heavy atom. The smallest absolute Gasteiger partial charge is 0.318 e. The van der Waals surface area contributed by atoms with E-state index in [0.717, 1.165) is 0 Å².